The van der Waals surface area contributed by atoms with Crippen LogP contribution in [-0.2, 0) is 10.0 Å². The van der Waals surface area contributed by atoms with E-state index < -0.39 is 25.8 Å². The second-order valence-electron chi connectivity index (χ2n) is 6.87. The van der Waals surface area contributed by atoms with Crippen molar-refractivity contribution in [2.75, 3.05) is 18.8 Å². The summed E-state index contributed by atoms with van der Waals surface area (Å²) in [5.41, 5.74) is 8.04. The van der Waals surface area contributed by atoms with Gasteiger partial charge in [-0.3, -0.25) is 0 Å². The lowest BCUT2D eigenvalue weighted by molar-refractivity contribution is -0.106. The molecule has 9 heteroatoms. The minimum atomic E-state index is -4.88. The quantitative estimate of drug-likeness (QED) is 0.725. The second-order valence-corrected chi connectivity index (χ2v) is 8.97. The smallest absolute Gasteiger partial charge is 0.326 e. The Hall–Kier alpha value is -2.93. The van der Waals surface area contributed by atoms with Gasteiger partial charge in [0.15, 0.2) is 11.4 Å². The van der Waals surface area contributed by atoms with Gasteiger partial charge < -0.3 is 5.73 Å². The Morgan fingerprint density at radius 1 is 1.10 bits per heavy atom. The number of sulfonamides is 1. The van der Waals surface area contributed by atoms with Crippen molar-refractivity contribution >= 4 is 15.7 Å². The number of hydrogen-bond donors (Lipinski definition) is 1. The summed E-state index contributed by atoms with van der Waals surface area (Å²) in [6.45, 7) is -0.188. The molecule has 0 saturated heterocycles. The predicted octanol–water partition coefficient (Wildman–Crippen LogP) is 3.84. The SMILES string of the molecule is N#Cc1ccc(-c2cccc([N+]3(S(=O)(=O)CC(F)(F)F)C=C(CN)C=CC3)c2)cc1. The van der Waals surface area contributed by atoms with Crippen molar-refractivity contribution in [2.24, 2.45) is 5.73 Å². The Balaban J connectivity index is 2.17. The topological polar surface area (TPSA) is 84.0 Å². The number of alkyl halides is 3. The van der Waals surface area contributed by atoms with E-state index in [2.05, 4.69) is 0 Å². The molecule has 1 heterocycles. The van der Waals surface area contributed by atoms with Gasteiger partial charge in [-0.05, 0) is 29.3 Å². The van der Waals surface area contributed by atoms with Crippen molar-refractivity contribution in [2.45, 2.75) is 6.18 Å². The Kier molecular flexibility index (Phi) is 5.85. The number of benzene rings is 2. The molecule has 1 aliphatic heterocycles. The fourth-order valence-corrected chi connectivity index (χ4v) is 5.05. The van der Waals surface area contributed by atoms with Crippen LogP contribution in [-0.4, -0.2) is 33.4 Å². The molecule has 2 N–H and O–H groups in total. The van der Waals surface area contributed by atoms with E-state index in [1.807, 2.05) is 6.07 Å². The molecule has 1 aliphatic rings. The Labute approximate surface area is 172 Å². The van der Waals surface area contributed by atoms with E-state index in [9.17, 15) is 21.6 Å². The highest BCUT2D eigenvalue weighted by atomic mass is 32.2. The first-order valence-electron chi connectivity index (χ1n) is 8.97. The number of halogens is 3. The van der Waals surface area contributed by atoms with Crippen molar-refractivity contribution in [3.05, 3.63) is 78.0 Å². The number of hydrogen-bond acceptors (Lipinski definition) is 4. The molecular formula is C21H19F3N3O2S+. The molecule has 0 aliphatic carbocycles. The lowest BCUT2D eigenvalue weighted by atomic mass is 10.0. The highest BCUT2D eigenvalue weighted by Crippen LogP contribution is 2.37. The molecule has 0 spiro atoms. The summed E-state index contributed by atoms with van der Waals surface area (Å²) >= 11 is 0. The molecule has 1 unspecified atom stereocenters. The van der Waals surface area contributed by atoms with E-state index in [0.29, 0.717) is 22.3 Å². The van der Waals surface area contributed by atoms with Crippen LogP contribution in [0, 0.1) is 11.3 Å². The average Bonchev–Trinajstić information content (AvgIpc) is 2.72. The van der Waals surface area contributed by atoms with Crippen molar-refractivity contribution in [1.29, 1.82) is 5.26 Å². The van der Waals surface area contributed by atoms with Crippen LogP contribution in [0.4, 0.5) is 18.9 Å². The zero-order valence-corrected chi connectivity index (χ0v) is 16.6. The fourth-order valence-electron chi connectivity index (χ4n) is 3.36. The molecule has 0 amide bonds. The van der Waals surface area contributed by atoms with Crippen molar-refractivity contribution in [1.82, 2.24) is 3.89 Å². The first-order valence-corrected chi connectivity index (χ1v) is 10.6. The van der Waals surface area contributed by atoms with Crippen LogP contribution < -0.4 is 9.62 Å². The Morgan fingerprint density at radius 3 is 2.40 bits per heavy atom. The van der Waals surface area contributed by atoms with Gasteiger partial charge in [-0.2, -0.15) is 30.7 Å². The zero-order valence-electron chi connectivity index (χ0n) is 15.8. The van der Waals surface area contributed by atoms with Gasteiger partial charge in [0.2, 0.25) is 0 Å². The molecule has 0 aromatic heterocycles. The number of quaternary nitrogens is 1. The normalized spacial score (nSPS) is 19.2. The summed E-state index contributed by atoms with van der Waals surface area (Å²) in [5, 5.41) is 8.94. The van der Waals surface area contributed by atoms with Crippen LogP contribution in [0.25, 0.3) is 11.1 Å². The molecule has 0 radical (unpaired) electrons. The summed E-state index contributed by atoms with van der Waals surface area (Å²) < 4.78 is 64.3. The maximum absolute atomic E-state index is 13.1. The van der Waals surface area contributed by atoms with Crippen LogP contribution in [0.2, 0.25) is 0 Å². The highest BCUT2D eigenvalue weighted by molar-refractivity contribution is 7.91. The second kappa shape index (κ2) is 8.07. The molecule has 0 bridgehead atoms. The van der Waals surface area contributed by atoms with Gasteiger partial charge in [0.1, 0.15) is 12.7 Å². The fraction of sp³-hybridized carbons (Fsp3) is 0.190. The standard InChI is InChI=1S/C21H19F3N3O2S/c22-21(23,24)15-30(28,29)27(10-2-3-17(13-26)14-27)20-5-1-4-19(11-20)18-8-6-16(12-25)7-9-18/h1-9,11,14H,10,13,15,26H2/q+1. The number of rotatable bonds is 5. The third kappa shape index (κ3) is 4.31. The minimum absolute atomic E-state index is 0.00660. The van der Waals surface area contributed by atoms with E-state index in [-0.39, 0.29) is 18.8 Å². The van der Waals surface area contributed by atoms with Crippen LogP contribution in [0.15, 0.2) is 72.5 Å². The summed E-state index contributed by atoms with van der Waals surface area (Å²) in [4.78, 5) is 0. The average molecular weight is 434 g/mol. The molecule has 0 saturated carbocycles. The maximum Gasteiger partial charge on any atom is 0.408 e. The molecule has 2 aromatic carbocycles. The van der Waals surface area contributed by atoms with Gasteiger partial charge in [-0.25, -0.2) is 0 Å². The molecule has 0 fully saturated rings. The van der Waals surface area contributed by atoms with E-state index in [4.69, 9.17) is 11.0 Å². The summed E-state index contributed by atoms with van der Waals surface area (Å²) in [7, 11) is -4.72. The molecule has 3 rings (SSSR count). The van der Waals surface area contributed by atoms with Gasteiger partial charge in [0.05, 0.1) is 11.6 Å². The lowest BCUT2D eigenvalue weighted by Crippen LogP contribution is -2.54. The van der Waals surface area contributed by atoms with Crippen LogP contribution in [0.3, 0.4) is 0 Å². The summed E-state index contributed by atoms with van der Waals surface area (Å²) in [5.74, 6) is -1.96. The minimum Gasteiger partial charge on any atom is -0.326 e. The molecule has 2 aromatic rings. The molecule has 1 atom stereocenters. The van der Waals surface area contributed by atoms with Gasteiger partial charge in [0, 0.05) is 24.3 Å². The van der Waals surface area contributed by atoms with Gasteiger partial charge in [-0.15, -0.1) is 0 Å². The van der Waals surface area contributed by atoms with Crippen LogP contribution in [0.5, 0.6) is 0 Å². The largest absolute Gasteiger partial charge is 0.408 e. The van der Waals surface area contributed by atoms with Crippen molar-refractivity contribution in [3.8, 4) is 17.2 Å². The predicted molar refractivity (Wildman–Crippen MR) is 109 cm³/mol. The van der Waals surface area contributed by atoms with E-state index in [1.54, 1.807) is 48.5 Å². The van der Waals surface area contributed by atoms with Crippen LogP contribution in [0.1, 0.15) is 5.56 Å². The van der Waals surface area contributed by atoms with Crippen molar-refractivity contribution < 1.29 is 21.6 Å². The number of nitriles is 1. The summed E-state index contributed by atoms with van der Waals surface area (Å²) in [6, 6.07) is 15.0. The van der Waals surface area contributed by atoms with E-state index >= 15 is 0 Å². The maximum atomic E-state index is 13.1. The van der Waals surface area contributed by atoms with Gasteiger partial charge >= 0.3 is 16.2 Å². The van der Waals surface area contributed by atoms with E-state index in [1.165, 1.54) is 18.3 Å². The lowest BCUT2D eigenvalue weighted by Gasteiger charge is -2.34. The first-order chi connectivity index (χ1) is 14.1. The Bertz CT molecular complexity index is 1150. The van der Waals surface area contributed by atoms with Crippen LogP contribution >= 0.6 is 0 Å². The number of nitrogens with zero attached hydrogens (tertiary/aromatic N) is 2. The molecule has 156 valence electrons. The Morgan fingerprint density at radius 2 is 1.80 bits per heavy atom. The molecule has 30 heavy (non-hydrogen) atoms. The highest BCUT2D eigenvalue weighted by Gasteiger charge is 2.50. The monoisotopic (exact) mass is 434 g/mol. The zero-order chi connectivity index (χ0) is 22.0. The third-order valence-electron chi connectivity index (χ3n) is 4.79. The van der Waals surface area contributed by atoms with E-state index in [0.717, 1.165) is 0 Å². The number of nitrogens with two attached hydrogens (primary N) is 1. The third-order valence-corrected chi connectivity index (χ3v) is 6.94. The first kappa shape index (κ1) is 21.8. The summed E-state index contributed by atoms with van der Waals surface area (Å²) in [6.07, 6.45) is -0.472. The molecular weight excluding hydrogens is 415 g/mol. The van der Waals surface area contributed by atoms with Gasteiger partial charge in [0.25, 0.3) is 0 Å². The molecule has 5 nitrogen and oxygen atoms in total. The van der Waals surface area contributed by atoms with Gasteiger partial charge in [-0.1, -0.05) is 30.3 Å². The van der Waals surface area contributed by atoms with Crippen molar-refractivity contribution in [3.63, 3.8) is 0 Å².